The minimum absolute atomic E-state index is 0.129. The van der Waals surface area contributed by atoms with Crippen molar-refractivity contribution in [3.05, 3.63) is 249 Å². The first kappa shape index (κ1) is 92.1. The Morgan fingerprint density at radius 2 is 0.325 bits per heavy atom. The van der Waals surface area contributed by atoms with Crippen LogP contribution in [0.1, 0.15) is 333 Å². The van der Waals surface area contributed by atoms with Gasteiger partial charge in [0.05, 0.1) is 33.4 Å². The molecule has 0 N–H and O–H groups in total. The van der Waals surface area contributed by atoms with E-state index in [4.69, 9.17) is 28.4 Å². The van der Waals surface area contributed by atoms with Crippen molar-refractivity contribution in [3.63, 3.8) is 0 Å². The number of benzene rings is 10. The molecule has 0 aliphatic rings. The summed E-state index contributed by atoms with van der Waals surface area (Å²) in [7, 11) is 0. The highest BCUT2D eigenvalue weighted by Crippen LogP contribution is 2.49. The van der Waals surface area contributed by atoms with Crippen molar-refractivity contribution in [1.29, 1.82) is 0 Å². The molecule has 0 amide bonds. The lowest BCUT2D eigenvalue weighted by atomic mass is 9.91. The molecule has 0 radical (unpaired) electrons. The van der Waals surface area contributed by atoms with Gasteiger partial charge in [-0.15, -0.1) is 0 Å². The number of carbonyl (C=O) groups excluding carboxylic acids is 6. The zero-order chi connectivity index (χ0) is 85.5. The molecule has 0 aliphatic carbocycles. The van der Waals surface area contributed by atoms with Crippen LogP contribution < -0.4 is 28.4 Å². The number of ether oxygens (including phenoxy) is 6. The van der Waals surface area contributed by atoms with Crippen LogP contribution in [0.15, 0.2) is 182 Å². The Morgan fingerprint density at radius 3 is 0.433 bits per heavy atom. The van der Waals surface area contributed by atoms with Crippen LogP contribution in [0, 0.1) is 35.5 Å². The van der Waals surface area contributed by atoms with Crippen molar-refractivity contribution < 1.29 is 57.2 Å². The maximum absolute atomic E-state index is 15.1. The summed E-state index contributed by atoms with van der Waals surface area (Å²) in [6, 6.07) is 54.3. The van der Waals surface area contributed by atoms with Gasteiger partial charge in [-0.3, -0.25) is 0 Å². The number of carbonyl (C=O) groups is 6. The Labute approximate surface area is 715 Å². The van der Waals surface area contributed by atoms with Gasteiger partial charge in [0, 0.05) is 0 Å². The van der Waals surface area contributed by atoms with Crippen molar-refractivity contribution in [2.45, 2.75) is 276 Å². The summed E-state index contributed by atoms with van der Waals surface area (Å²) in [6.07, 6.45) is 31.3. The number of unbranched alkanes of at least 4 members (excludes halogenated alkanes) is 6. The topological polar surface area (TPSA) is 158 Å². The highest BCUT2D eigenvalue weighted by Gasteiger charge is 2.29. The van der Waals surface area contributed by atoms with Gasteiger partial charge in [0.15, 0.2) is 34.5 Å². The zero-order valence-corrected chi connectivity index (χ0v) is 73.9. The zero-order valence-electron chi connectivity index (χ0n) is 73.9. The minimum atomic E-state index is -0.725. The van der Waals surface area contributed by atoms with Crippen molar-refractivity contribution >= 4 is 68.1 Å². The third-order valence-corrected chi connectivity index (χ3v) is 24.9. The average molecular weight is 1620 g/mol. The van der Waals surface area contributed by atoms with Gasteiger partial charge in [-0.1, -0.05) is 310 Å². The molecule has 6 atom stereocenters. The van der Waals surface area contributed by atoms with Crippen LogP contribution in [0.2, 0.25) is 0 Å². The van der Waals surface area contributed by atoms with Gasteiger partial charge in [-0.05, 0) is 249 Å². The molecule has 10 rings (SSSR count). The van der Waals surface area contributed by atoms with Crippen molar-refractivity contribution in [2.75, 3.05) is 0 Å². The molecule has 0 aliphatic heterocycles. The van der Waals surface area contributed by atoms with Crippen LogP contribution in [0.4, 0.5) is 0 Å². The molecule has 0 fully saturated rings. The summed E-state index contributed by atoms with van der Waals surface area (Å²) in [5.41, 5.74) is 8.09. The molecule has 0 heterocycles. The molecule has 0 spiro atoms. The normalized spacial score (nSPS) is 13.0. The quantitative estimate of drug-likeness (QED) is 0.0202. The fraction of sp³-hybridized carbons (Fsp3) is 0.444. The molecular weight excluding hydrogens is 1490 g/mol. The van der Waals surface area contributed by atoms with E-state index in [0.29, 0.717) is 67.8 Å². The van der Waals surface area contributed by atoms with E-state index in [1.54, 1.807) is 109 Å². The molecular formula is C108H132O12. The smallest absolute Gasteiger partial charge is 0.343 e. The average Bonchev–Trinajstić information content (AvgIpc) is 0.721. The third-order valence-electron chi connectivity index (χ3n) is 24.9. The molecule has 12 heteroatoms. The largest absolute Gasteiger partial charge is 0.419 e. The Hall–Kier alpha value is -10.2. The van der Waals surface area contributed by atoms with Crippen molar-refractivity contribution in [3.8, 4) is 34.5 Å². The van der Waals surface area contributed by atoms with Crippen LogP contribution in [-0.4, -0.2) is 35.8 Å². The van der Waals surface area contributed by atoms with E-state index < -0.39 is 35.8 Å². The van der Waals surface area contributed by atoms with E-state index in [1.807, 2.05) is 72.8 Å². The van der Waals surface area contributed by atoms with Crippen LogP contribution in [0.25, 0.3) is 32.3 Å². The first-order chi connectivity index (χ1) is 58.3. The standard InChI is InChI=1S/C108H132O12/c1-13-25-31-73(19-7)61-79-37-49-85(50-38-79)103(109)115-97-67-91-92(68-98(97)116-104(110)86-51-39-80(40-52-86)62-74(20-8)32-26-14-2)94-70-100(118-106(112)88-55-43-82(44-56-88)64-76(22-10)34-28-16-4)102(120-108(114)90-59-47-84(48-60-90)66-78(24-12)36-30-18-6)72-96(94)95-71-101(119-107(113)89-57-45-83(46-58-89)65-77(23-11)35-29-17-5)99(69-93(91)95)117-105(111)87-53-41-81(42-54-87)63-75(21-9)33-27-15-3/h37-60,67-78H,13-36,61-66H2,1-12H3. The predicted octanol–water partition coefficient (Wildman–Crippen LogP) is 29.0. The first-order valence-electron chi connectivity index (χ1n) is 45.8. The maximum atomic E-state index is 15.1. The number of fused-ring (bicyclic) bond motifs is 6. The third kappa shape index (κ3) is 25.9. The van der Waals surface area contributed by atoms with Gasteiger partial charge < -0.3 is 28.4 Å². The summed E-state index contributed by atoms with van der Waals surface area (Å²) in [6.45, 7) is 26.5. The maximum Gasteiger partial charge on any atom is 0.343 e. The van der Waals surface area contributed by atoms with Gasteiger partial charge in [0.1, 0.15) is 0 Å². The van der Waals surface area contributed by atoms with Crippen molar-refractivity contribution in [1.82, 2.24) is 0 Å². The molecule has 0 bridgehead atoms. The number of esters is 6. The minimum Gasteiger partial charge on any atom is -0.419 e. The summed E-state index contributed by atoms with van der Waals surface area (Å²) < 4.78 is 39.4. The Morgan fingerprint density at radius 1 is 0.200 bits per heavy atom. The molecule has 12 nitrogen and oxygen atoms in total. The lowest BCUT2D eigenvalue weighted by Crippen LogP contribution is -2.14. The molecule has 0 saturated carbocycles. The SMILES string of the molecule is CCCCC(CC)Cc1ccc(C(=O)Oc2cc3c4cc(OC(=O)c5ccc(CC(CC)CCCC)cc5)c(OC(=O)c5ccc(CC(CC)CCCC)cc5)cc4c4cc(OC(=O)c5ccc(CC(CC)CCCC)cc5)c(OC(=O)c5ccc(CC(CC)CCCC)cc5)cc4c3cc2OC(=O)c2ccc(CC(CC)CCCC)cc2)cc1. The number of rotatable bonds is 48. The molecule has 120 heavy (non-hydrogen) atoms. The van der Waals surface area contributed by atoms with E-state index in [1.165, 1.54) is 0 Å². The van der Waals surface area contributed by atoms with Crippen LogP contribution in [0.3, 0.4) is 0 Å². The molecule has 6 unspecified atom stereocenters. The van der Waals surface area contributed by atoms with Gasteiger partial charge in [-0.25, -0.2) is 28.8 Å². The first-order valence-corrected chi connectivity index (χ1v) is 45.8. The van der Waals surface area contributed by atoms with Crippen LogP contribution >= 0.6 is 0 Å². The van der Waals surface area contributed by atoms with Gasteiger partial charge >= 0.3 is 35.8 Å². The second kappa shape index (κ2) is 47.1. The summed E-state index contributed by atoms with van der Waals surface area (Å²) in [5, 5.41) is 2.26. The van der Waals surface area contributed by atoms with Crippen molar-refractivity contribution in [2.24, 2.45) is 35.5 Å². The van der Waals surface area contributed by atoms with E-state index in [9.17, 15) is 0 Å². The Bertz CT molecular complexity index is 4120. The highest BCUT2D eigenvalue weighted by molar-refractivity contribution is 6.27. The van der Waals surface area contributed by atoms with E-state index >= 15 is 28.8 Å². The van der Waals surface area contributed by atoms with Crippen LogP contribution in [0.5, 0.6) is 34.5 Å². The molecule has 636 valence electrons. The number of hydrogen-bond acceptors (Lipinski definition) is 12. The highest BCUT2D eigenvalue weighted by atomic mass is 16.6. The Kier molecular flexibility index (Phi) is 36.2. The molecule has 10 aromatic rings. The monoisotopic (exact) mass is 1620 g/mol. The second-order valence-corrected chi connectivity index (χ2v) is 33.8. The van der Waals surface area contributed by atoms with Gasteiger partial charge in [-0.2, -0.15) is 0 Å². The lowest BCUT2D eigenvalue weighted by Gasteiger charge is -2.19. The Balaban J connectivity index is 1.21. The predicted molar refractivity (Wildman–Crippen MR) is 489 cm³/mol. The summed E-state index contributed by atoms with van der Waals surface area (Å²) >= 11 is 0. The van der Waals surface area contributed by atoms with Gasteiger partial charge in [0.25, 0.3) is 0 Å². The summed E-state index contributed by atoms with van der Waals surface area (Å²) in [4.78, 5) is 90.4. The van der Waals surface area contributed by atoms with E-state index in [-0.39, 0.29) is 67.9 Å². The van der Waals surface area contributed by atoms with E-state index in [0.717, 1.165) is 226 Å². The van der Waals surface area contributed by atoms with E-state index in [2.05, 4.69) is 83.1 Å². The fourth-order valence-electron chi connectivity index (χ4n) is 16.8. The number of hydrogen-bond donors (Lipinski definition) is 0. The summed E-state index contributed by atoms with van der Waals surface area (Å²) in [5.74, 6) is -2.23. The lowest BCUT2D eigenvalue weighted by molar-refractivity contribution is 0.0682. The molecule has 0 saturated heterocycles. The van der Waals surface area contributed by atoms with Gasteiger partial charge in [0.2, 0.25) is 0 Å². The second-order valence-electron chi connectivity index (χ2n) is 33.8. The molecule has 10 aromatic carbocycles. The molecule has 0 aromatic heterocycles. The van der Waals surface area contributed by atoms with Crippen LogP contribution in [-0.2, 0) is 38.5 Å². The fourth-order valence-corrected chi connectivity index (χ4v) is 16.8.